The minimum atomic E-state index is -3.69. The number of hydrogen-bond acceptors (Lipinski definition) is 9. The Bertz CT molecular complexity index is 1700. The van der Waals surface area contributed by atoms with Gasteiger partial charge in [0, 0.05) is 44.0 Å². The second-order valence-corrected chi connectivity index (χ2v) is 13.0. The molecule has 0 saturated carbocycles. The average Bonchev–Trinajstić information content (AvgIpc) is 3.23. The number of hydrazine groups is 1. The fourth-order valence-corrected chi connectivity index (χ4v) is 6.69. The lowest BCUT2D eigenvalue weighted by atomic mass is 9.86. The van der Waals surface area contributed by atoms with Gasteiger partial charge in [-0.2, -0.15) is 0 Å². The van der Waals surface area contributed by atoms with Gasteiger partial charge in [0.15, 0.2) is 9.84 Å². The van der Waals surface area contributed by atoms with Crippen LogP contribution in [0.2, 0.25) is 0 Å². The monoisotopic (exact) mass is 578 g/mol. The molecule has 1 aromatic carbocycles. The third-order valence-electron chi connectivity index (χ3n) is 7.47. The van der Waals surface area contributed by atoms with E-state index in [0.717, 1.165) is 23.9 Å². The van der Waals surface area contributed by atoms with Gasteiger partial charge in [0.1, 0.15) is 10.4 Å². The number of nitrogens with two attached hydrogens (primary N) is 2. The SMILES string of the molecule is C/C(N)=C(\c1cnc2c3c(OC(C)C)ncc(S(C)(=O)=O)c3n([C@H](c3ccccc3)C3CCOCC3)c2c1)N(C)N. The van der Waals surface area contributed by atoms with Crippen LogP contribution in [0, 0.1) is 5.92 Å². The molecule has 11 heteroatoms. The smallest absolute Gasteiger partial charge is 0.225 e. The third-order valence-corrected chi connectivity index (χ3v) is 8.56. The number of benzene rings is 1. The van der Waals surface area contributed by atoms with Crippen molar-refractivity contribution in [2.45, 2.75) is 50.7 Å². The fourth-order valence-electron chi connectivity index (χ4n) is 5.90. The van der Waals surface area contributed by atoms with Crippen molar-refractivity contribution < 1.29 is 17.9 Å². The topological polar surface area (TPSA) is 139 Å². The predicted octanol–water partition coefficient (Wildman–Crippen LogP) is 4.24. The molecule has 41 heavy (non-hydrogen) atoms. The molecule has 1 aliphatic rings. The maximum atomic E-state index is 13.3. The Morgan fingerprint density at radius 3 is 2.41 bits per heavy atom. The summed E-state index contributed by atoms with van der Waals surface area (Å²) in [5, 5.41) is 2.03. The highest BCUT2D eigenvalue weighted by atomic mass is 32.2. The summed E-state index contributed by atoms with van der Waals surface area (Å²) in [6, 6.07) is 11.9. The highest BCUT2D eigenvalue weighted by Crippen LogP contribution is 2.44. The molecule has 0 unspecified atom stereocenters. The average molecular weight is 579 g/mol. The Hall–Kier alpha value is -3.67. The minimum Gasteiger partial charge on any atom is -0.474 e. The number of aromatic nitrogens is 3. The fraction of sp³-hybridized carbons (Fsp3) is 0.400. The van der Waals surface area contributed by atoms with E-state index < -0.39 is 9.84 Å². The van der Waals surface area contributed by atoms with Crippen molar-refractivity contribution in [3.05, 3.63) is 65.6 Å². The zero-order valence-electron chi connectivity index (χ0n) is 24.2. The van der Waals surface area contributed by atoms with E-state index in [4.69, 9.17) is 26.0 Å². The van der Waals surface area contributed by atoms with E-state index in [-0.39, 0.29) is 23.0 Å². The van der Waals surface area contributed by atoms with Crippen molar-refractivity contribution >= 4 is 37.5 Å². The van der Waals surface area contributed by atoms with Gasteiger partial charge in [0.25, 0.3) is 0 Å². The number of ether oxygens (including phenoxy) is 2. The first-order valence-corrected chi connectivity index (χ1v) is 15.6. The lowest BCUT2D eigenvalue weighted by molar-refractivity contribution is 0.0552. The second-order valence-electron chi connectivity index (χ2n) is 11.0. The van der Waals surface area contributed by atoms with Gasteiger partial charge in [-0.1, -0.05) is 30.3 Å². The summed E-state index contributed by atoms with van der Waals surface area (Å²) in [7, 11) is -1.97. The molecule has 3 aromatic heterocycles. The molecule has 1 saturated heterocycles. The van der Waals surface area contributed by atoms with Gasteiger partial charge < -0.3 is 24.8 Å². The molecule has 4 aromatic rings. The van der Waals surface area contributed by atoms with Gasteiger partial charge in [-0.15, -0.1) is 0 Å². The van der Waals surface area contributed by atoms with Crippen LogP contribution in [-0.4, -0.2) is 60.6 Å². The van der Waals surface area contributed by atoms with Crippen LogP contribution in [0.3, 0.4) is 0 Å². The first-order chi connectivity index (χ1) is 19.5. The standard InChI is InChI=1S/C30H38N6O4S/c1-18(2)40-30-25-26-23(15-22(16-33-26)27(19(3)31)35(4)32)36(29(25)24(17-34-30)41(5,37)38)28(20-9-7-6-8-10-20)21-11-13-39-14-12-21/h6-10,15-18,21,28H,11-14,31-32H2,1-5H3/b27-19-/t28-/m1/s1. The maximum Gasteiger partial charge on any atom is 0.225 e. The van der Waals surface area contributed by atoms with E-state index in [1.807, 2.05) is 38.1 Å². The first-order valence-electron chi connectivity index (χ1n) is 13.8. The molecule has 5 rings (SSSR count). The summed E-state index contributed by atoms with van der Waals surface area (Å²) in [6.07, 6.45) is 5.78. The Labute approximate surface area is 240 Å². The Kier molecular flexibility index (Phi) is 7.95. The second kappa shape index (κ2) is 11.3. The third kappa shape index (κ3) is 5.49. The van der Waals surface area contributed by atoms with Crippen LogP contribution in [0.25, 0.3) is 27.6 Å². The van der Waals surface area contributed by atoms with Crippen LogP contribution in [0.1, 0.15) is 50.8 Å². The van der Waals surface area contributed by atoms with E-state index in [1.165, 1.54) is 17.5 Å². The molecule has 0 spiro atoms. The van der Waals surface area contributed by atoms with Crippen molar-refractivity contribution in [2.24, 2.45) is 17.5 Å². The molecule has 0 radical (unpaired) electrons. The summed E-state index contributed by atoms with van der Waals surface area (Å²) in [5.74, 6) is 6.71. The number of fused-ring (bicyclic) bond motifs is 3. The van der Waals surface area contributed by atoms with Gasteiger partial charge in [0.2, 0.25) is 5.88 Å². The number of allylic oxidation sites excluding steroid dienone is 1. The molecular formula is C30H38N6O4S. The summed E-state index contributed by atoms with van der Waals surface area (Å²) in [5.41, 5.74) is 11.0. The van der Waals surface area contributed by atoms with E-state index in [1.54, 1.807) is 20.2 Å². The highest BCUT2D eigenvalue weighted by molar-refractivity contribution is 7.91. The normalized spacial score (nSPS) is 16.3. The summed E-state index contributed by atoms with van der Waals surface area (Å²) < 4.78 is 40.7. The van der Waals surface area contributed by atoms with Gasteiger partial charge in [-0.05, 0) is 51.2 Å². The maximum absolute atomic E-state index is 13.3. The zero-order chi connectivity index (χ0) is 29.5. The lowest BCUT2D eigenvalue weighted by Crippen LogP contribution is -2.27. The Morgan fingerprint density at radius 2 is 1.83 bits per heavy atom. The quantitative estimate of drug-likeness (QED) is 0.232. The van der Waals surface area contributed by atoms with Crippen molar-refractivity contribution in [3.8, 4) is 5.88 Å². The van der Waals surface area contributed by atoms with Gasteiger partial charge in [-0.25, -0.2) is 19.2 Å². The van der Waals surface area contributed by atoms with Crippen molar-refractivity contribution in [2.75, 3.05) is 26.5 Å². The Morgan fingerprint density at radius 1 is 1.15 bits per heavy atom. The number of nitrogens with zero attached hydrogens (tertiary/aromatic N) is 4. The molecule has 0 amide bonds. The van der Waals surface area contributed by atoms with Crippen LogP contribution >= 0.6 is 0 Å². The molecule has 1 fully saturated rings. The van der Waals surface area contributed by atoms with Gasteiger partial charge >= 0.3 is 0 Å². The summed E-state index contributed by atoms with van der Waals surface area (Å²) in [6.45, 7) is 6.88. The van der Waals surface area contributed by atoms with Crippen LogP contribution < -0.4 is 16.3 Å². The van der Waals surface area contributed by atoms with Crippen molar-refractivity contribution in [1.82, 2.24) is 19.5 Å². The van der Waals surface area contributed by atoms with Gasteiger partial charge in [-0.3, -0.25) is 4.98 Å². The Balaban J connectivity index is 1.99. The van der Waals surface area contributed by atoms with E-state index in [9.17, 15) is 8.42 Å². The van der Waals surface area contributed by atoms with Crippen LogP contribution in [0.4, 0.5) is 0 Å². The largest absolute Gasteiger partial charge is 0.474 e. The van der Waals surface area contributed by atoms with E-state index in [2.05, 4.69) is 21.7 Å². The molecule has 1 aliphatic heterocycles. The number of hydrogen-bond donors (Lipinski definition) is 2. The molecule has 1 atom stereocenters. The van der Waals surface area contributed by atoms with Crippen molar-refractivity contribution in [3.63, 3.8) is 0 Å². The van der Waals surface area contributed by atoms with Crippen LogP contribution in [-0.2, 0) is 14.6 Å². The molecule has 218 valence electrons. The predicted molar refractivity (Wildman–Crippen MR) is 161 cm³/mol. The van der Waals surface area contributed by atoms with Crippen LogP contribution in [0.5, 0.6) is 5.88 Å². The number of rotatable bonds is 8. The number of sulfone groups is 1. The summed E-state index contributed by atoms with van der Waals surface area (Å²) in [4.78, 5) is 9.52. The van der Waals surface area contributed by atoms with Crippen molar-refractivity contribution in [1.29, 1.82) is 0 Å². The lowest BCUT2D eigenvalue weighted by Gasteiger charge is -2.33. The molecule has 4 heterocycles. The molecule has 10 nitrogen and oxygen atoms in total. The van der Waals surface area contributed by atoms with E-state index in [0.29, 0.717) is 52.5 Å². The number of pyridine rings is 2. The molecular weight excluding hydrogens is 540 g/mol. The first kappa shape index (κ1) is 28.8. The molecule has 0 bridgehead atoms. The zero-order valence-corrected chi connectivity index (χ0v) is 25.0. The highest BCUT2D eigenvalue weighted by Gasteiger charge is 2.34. The van der Waals surface area contributed by atoms with Gasteiger partial charge in [0.05, 0.1) is 40.5 Å². The van der Waals surface area contributed by atoms with E-state index >= 15 is 0 Å². The molecule has 4 N–H and O–H groups in total. The minimum absolute atomic E-state index is 0.123. The molecule has 0 aliphatic carbocycles. The summed E-state index contributed by atoms with van der Waals surface area (Å²) >= 11 is 0. The van der Waals surface area contributed by atoms with Crippen LogP contribution in [0.15, 0.2) is 59.4 Å².